The van der Waals surface area contributed by atoms with E-state index in [2.05, 4.69) is 42.8 Å². The molecule has 1 saturated heterocycles. The molecule has 0 radical (unpaired) electrons. The Bertz CT molecular complexity index is 505. The Balaban J connectivity index is 1.95. The molecule has 0 atom stereocenters. The molecule has 0 aliphatic carbocycles. The van der Waals surface area contributed by atoms with E-state index < -0.39 is 0 Å². The molecule has 1 aliphatic rings. The standard InChI is InChI=1S/C16H22BrNO3/c1-16(2,3)12-4-5-14(13(17)10-12)21-11-15(19)18-6-8-20-9-7-18/h4-5,10H,6-9,11H2,1-3H3. The minimum Gasteiger partial charge on any atom is -0.483 e. The van der Waals surface area contributed by atoms with Crippen LogP contribution >= 0.6 is 15.9 Å². The zero-order valence-corrected chi connectivity index (χ0v) is 14.4. The van der Waals surface area contributed by atoms with Crippen molar-refractivity contribution in [2.45, 2.75) is 26.2 Å². The Morgan fingerprint density at radius 3 is 2.57 bits per heavy atom. The summed E-state index contributed by atoms with van der Waals surface area (Å²) in [6.07, 6.45) is 0. The van der Waals surface area contributed by atoms with Gasteiger partial charge in [-0.2, -0.15) is 0 Å². The number of carbonyl (C=O) groups excluding carboxylic acids is 1. The van der Waals surface area contributed by atoms with Crippen molar-refractivity contribution in [2.75, 3.05) is 32.9 Å². The average molecular weight is 356 g/mol. The van der Waals surface area contributed by atoms with E-state index in [1.165, 1.54) is 5.56 Å². The highest BCUT2D eigenvalue weighted by atomic mass is 79.9. The Kier molecular flexibility index (Phi) is 5.27. The van der Waals surface area contributed by atoms with Crippen molar-refractivity contribution < 1.29 is 14.3 Å². The summed E-state index contributed by atoms with van der Waals surface area (Å²) in [5, 5.41) is 0. The lowest BCUT2D eigenvalue weighted by molar-refractivity contribution is -0.137. The topological polar surface area (TPSA) is 38.8 Å². The summed E-state index contributed by atoms with van der Waals surface area (Å²) in [6, 6.07) is 6.01. The van der Waals surface area contributed by atoms with Crippen molar-refractivity contribution >= 4 is 21.8 Å². The third-order valence-corrected chi connectivity index (χ3v) is 4.13. The van der Waals surface area contributed by atoms with E-state index in [0.717, 1.165) is 4.47 Å². The van der Waals surface area contributed by atoms with Gasteiger partial charge in [0.15, 0.2) is 6.61 Å². The number of morpholine rings is 1. The van der Waals surface area contributed by atoms with Gasteiger partial charge in [0.25, 0.3) is 5.91 Å². The number of hydrogen-bond donors (Lipinski definition) is 0. The zero-order chi connectivity index (χ0) is 15.5. The lowest BCUT2D eigenvalue weighted by Crippen LogP contribution is -2.43. The predicted molar refractivity (Wildman–Crippen MR) is 85.7 cm³/mol. The number of hydrogen-bond acceptors (Lipinski definition) is 3. The fraction of sp³-hybridized carbons (Fsp3) is 0.562. The van der Waals surface area contributed by atoms with Crippen LogP contribution in [0.25, 0.3) is 0 Å². The summed E-state index contributed by atoms with van der Waals surface area (Å²) in [5.41, 5.74) is 1.31. The summed E-state index contributed by atoms with van der Waals surface area (Å²) in [5.74, 6) is 0.703. The van der Waals surface area contributed by atoms with Gasteiger partial charge in [0.1, 0.15) is 5.75 Å². The molecule has 4 nitrogen and oxygen atoms in total. The molecule has 0 bridgehead atoms. The molecule has 0 aromatic heterocycles. The molecule has 1 aromatic rings. The molecule has 0 unspecified atom stereocenters. The van der Waals surface area contributed by atoms with E-state index in [1.807, 2.05) is 12.1 Å². The number of halogens is 1. The first-order valence-corrected chi connectivity index (χ1v) is 7.95. The molecule has 1 fully saturated rings. The Morgan fingerprint density at radius 2 is 2.00 bits per heavy atom. The van der Waals surface area contributed by atoms with Crippen LogP contribution in [0.1, 0.15) is 26.3 Å². The molecule has 1 amide bonds. The van der Waals surface area contributed by atoms with Crippen molar-refractivity contribution in [3.8, 4) is 5.75 Å². The fourth-order valence-electron chi connectivity index (χ4n) is 2.13. The third kappa shape index (κ3) is 4.45. The van der Waals surface area contributed by atoms with E-state index in [4.69, 9.17) is 9.47 Å². The van der Waals surface area contributed by atoms with Gasteiger partial charge >= 0.3 is 0 Å². The highest BCUT2D eigenvalue weighted by Crippen LogP contribution is 2.31. The van der Waals surface area contributed by atoms with Crippen LogP contribution in [-0.4, -0.2) is 43.7 Å². The Hall–Kier alpha value is -1.07. The Labute approximate surface area is 134 Å². The van der Waals surface area contributed by atoms with Crippen molar-refractivity contribution in [1.82, 2.24) is 4.90 Å². The minimum absolute atomic E-state index is 0.00472. The van der Waals surface area contributed by atoms with Gasteiger partial charge in [-0.1, -0.05) is 26.8 Å². The first-order valence-electron chi connectivity index (χ1n) is 7.16. The zero-order valence-electron chi connectivity index (χ0n) is 12.8. The third-order valence-electron chi connectivity index (χ3n) is 3.51. The van der Waals surface area contributed by atoms with Crippen LogP contribution in [0.2, 0.25) is 0 Å². The number of amides is 1. The van der Waals surface area contributed by atoms with Crippen molar-refractivity contribution in [3.05, 3.63) is 28.2 Å². The van der Waals surface area contributed by atoms with Gasteiger partial charge in [-0.25, -0.2) is 0 Å². The number of benzene rings is 1. The maximum atomic E-state index is 12.0. The van der Waals surface area contributed by atoms with Crippen LogP contribution in [0.5, 0.6) is 5.75 Å². The smallest absolute Gasteiger partial charge is 0.260 e. The van der Waals surface area contributed by atoms with E-state index in [0.29, 0.717) is 32.1 Å². The second kappa shape index (κ2) is 6.79. The van der Waals surface area contributed by atoms with E-state index in [9.17, 15) is 4.79 Å². The van der Waals surface area contributed by atoms with Gasteiger partial charge in [-0.05, 0) is 39.0 Å². The van der Waals surface area contributed by atoms with Crippen LogP contribution in [0, 0.1) is 0 Å². The van der Waals surface area contributed by atoms with Gasteiger partial charge in [0.2, 0.25) is 0 Å². The maximum absolute atomic E-state index is 12.0. The first-order chi connectivity index (χ1) is 9.88. The molecular weight excluding hydrogens is 334 g/mol. The van der Waals surface area contributed by atoms with E-state index >= 15 is 0 Å². The van der Waals surface area contributed by atoms with Crippen LogP contribution in [0.15, 0.2) is 22.7 Å². The van der Waals surface area contributed by atoms with Gasteiger partial charge in [-0.3, -0.25) is 4.79 Å². The van der Waals surface area contributed by atoms with Crippen molar-refractivity contribution in [1.29, 1.82) is 0 Å². The second-order valence-electron chi connectivity index (χ2n) is 6.18. The van der Waals surface area contributed by atoms with E-state index in [1.54, 1.807) is 4.90 Å². The van der Waals surface area contributed by atoms with Crippen LogP contribution in [0.4, 0.5) is 0 Å². The van der Waals surface area contributed by atoms with Gasteiger partial charge in [0.05, 0.1) is 17.7 Å². The molecule has 2 rings (SSSR count). The lowest BCUT2D eigenvalue weighted by atomic mass is 9.87. The average Bonchev–Trinajstić information content (AvgIpc) is 2.45. The molecule has 1 aromatic carbocycles. The summed E-state index contributed by atoms with van der Waals surface area (Å²) < 4.78 is 11.8. The van der Waals surface area contributed by atoms with Crippen LogP contribution in [0.3, 0.4) is 0 Å². The molecule has 5 heteroatoms. The lowest BCUT2D eigenvalue weighted by Gasteiger charge is -2.27. The monoisotopic (exact) mass is 355 g/mol. The van der Waals surface area contributed by atoms with E-state index in [-0.39, 0.29) is 17.9 Å². The summed E-state index contributed by atoms with van der Waals surface area (Å²) in [4.78, 5) is 13.8. The number of carbonyl (C=O) groups is 1. The molecular formula is C16H22BrNO3. The van der Waals surface area contributed by atoms with Crippen LogP contribution < -0.4 is 4.74 Å². The normalized spacial score (nSPS) is 15.9. The highest BCUT2D eigenvalue weighted by Gasteiger charge is 2.19. The summed E-state index contributed by atoms with van der Waals surface area (Å²) in [6.45, 7) is 9.06. The molecule has 0 spiro atoms. The number of ether oxygens (including phenoxy) is 2. The predicted octanol–water partition coefficient (Wildman–Crippen LogP) is 2.98. The number of rotatable bonds is 3. The molecule has 21 heavy (non-hydrogen) atoms. The molecule has 1 heterocycles. The SMILES string of the molecule is CC(C)(C)c1ccc(OCC(=O)N2CCOCC2)c(Br)c1. The molecule has 0 N–H and O–H groups in total. The number of nitrogens with zero attached hydrogens (tertiary/aromatic N) is 1. The quantitative estimate of drug-likeness (QED) is 0.836. The van der Waals surface area contributed by atoms with Gasteiger partial charge in [0, 0.05) is 13.1 Å². The molecule has 0 saturated carbocycles. The summed E-state index contributed by atoms with van der Waals surface area (Å²) in [7, 11) is 0. The maximum Gasteiger partial charge on any atom is 0.260 e. The van der Waals surface area contributed by atoms with Gasteiger partial charge in [-0.15, -0.1) is 0 Å². The minimum atomic E-state index is 0.00472. The first kappa shape index (κ1) is 16.3. The van der Waals surface area contributed by atoms with Crippen molar-refractivity contribution in [2.24, 2.45) is 0 Å². The van der Waals surface area contributed by atoms with Crippen LogP contribution in [-0.2, 0) is 14.9 Å². The van der Waals surface area contributed by atoms with Crippen molar-refractivity contribution in [3.63, 3.8) is 0 Å². The second-order valence-corrected chi connectivity index (χ2v) is 7.03. The largest absolute Gasteiger partial charge is 0.483 e. The fourth-order valence-corrected chi connectivity index (χ4v) is 2.62. The molecule has 116 valence electrons. The Morgan fingerprint density at radius 1 is 1.33 bits per heavy atom. The van der Waals surface area contributed by atoms with Gasteiger partial charge < -0.3 is 14.4 Å². The highest BCUT2D eigenvalue weighted by molar-refractivity contribution is 9.10. The summed E-state index contributed by atoms with van der Waals surface area (Å²) >= 11 is 3.52. The molecule has 1 aliphatic heterocycles.